The van der Waals surface area contributed by atoms with Crippen molar-refractivity contribution in [2.75, 3.05) is 20.6 Å². The van der Waals surface area contributed by atoms with E-state index in [9.17, 15) is 4.79 Å². The van der Waals surface area contributed by atoms with Crippen LogP contribution in [0, 0.1) is 0 Å². The number of halogens is 2. The van der Waals surface area contributed by atoms with E-state index in [1.54, 1.807) is 25.1 Å². The number of amides is 1. The summed E-state index contributed by atoms with van der Waals surface area (Å²) in [7, 11) is 3.50. The molecule has 5 heteroatoms. The molecule has 0 aliphatic carbocycles. The van der Waals surface area contributed by atoms with Crippen molar-refractivity contribution in [3.05, 3.63) is 33.8 Å². The molecule has 1 rings (SSSR count). The Morgan fingerprint density at radius 2 is 2.00 bits per heavy atom. The molecule has 0 atom stereocenters. The highest BCUT2D eigenvalue weighted by Crippen LogP contribution is 2.22. The zero-order valence-corrected chi connectivity index (χ0v) is 11.5. The van der Waals surface area contributed by atoms with Gasteiger partial charge in [0.2, 0.25) is 5.91 Å². The fraction of sp³-hybridized carbons (Fsp3) is 0.417. The second-order valence-electron chi connectivity index (χ2n) is 3.96. The maximum Gasteiger partial charge on any atom is 0.223 e. The smallest absolute Gasteiger partial charge is 0.223 e. The third-order valence-electron chi connectivity index (χ3n) is 2.33. The molecule has 0 aromatic heterocycles. The van der Waals surface area contributed by atoms with Crippen molar-refractivity contribution in [2.24, 2.45) is 0 Å². The predicted molar refractivity (Wildman–Crippen MR) is 71.5 cm³/mol. The molecule has 3 nitrogen and oxygen atoms in total. The Morgan fingerprint density at radius 3 is 2.59 bits per heavy atom. The Labute approximate surface area is 112 Å². The third-order valence-corrected chi connectivity index (χ3v) is 3.07. The van der Waals surface area contributed by atoms with Crippen LogP contribution in [0.25, 0.3) is 0 Å². The maximum atomic E-state index is 11.3. The SMILES string of the molecule is CN(C)C(=O)CCNCc1ccc(Cl)c(Cl)c1. The van der Waals surface area contributed by atoms with E-state index in [-0.39, 0.29) is 5.91 Å². The van der Waals surface area contributed by atoms with Gasteiger partial charge in [0, 0.05) is 33.6 Å². The van der Waals surface area contributed by atoms with Gasteiger partial charge in [0.25, 0.3) is 0 Å². The summed E-state index contributed by atoms with van der Waals surface area (Å²) in [6, 6.07) is 5.51. The minimum Gasteiger partial charge on any atom is -0.349 e. The van der Waals surface area contributed by atoms with Crippen LogP contribution in [-0.2, 0) is 11.3 Å². The number of carbonyl (C=O) groups excluding carboxylic acids is 1. The van der Waals surface area contributed by atoms with Crippen molar-refractivity contribution in [1.82, 2.24) is 10.2 Å². The molecule has 0 bridgehead atoms. The number of nitrogens with one attached hydrogen (secondary N) is 1. The molecule has 17 heavy (non-hydrogen) atoms. The predicted octanol–water partition coefficient (Wildman–Crippen LogP) is 2.56. The van der Waals surface area contributed by atoms with Crippen LogP contribution in [0.3, 0.4) is 0 Å². The minimum atomic E-state index is 0.117. The molecular weight excluding hydrogens is 259 g/mol. The maximum absolute atomic E-state index is 11.3. The molecule has 1 N–H and O–H groups in total. The van der Waals surface area contributed by atoms with E-state index in [0.29, 0.717) is 29.6 Å². The van der Waals surface area contributed by atoms with Crippen molar-refractivity contribution in [2.45, 2.75) is 13.0 Å². The zero-order chi connectivity index (χ0) is 12.8. The van der Waals surface area contributed by atoms with Gasteiger partial charge >= 0.3 is 0 Å². The molecule has 0 fully saturated rings. The number of hydrogen-bond acceptors (Lipinski definition) is 2. The minimum absolute atomic E-state index is 0.117. The van der Waals surface area contributed by atoms with Gasteiger partial charge in [-0.05, 0) is 17.7 Å². The normalized spacial score (nSPS) is 10.4. The molecule has 0 radical (unpaired) electrons. The topological polar surface area (TPSA) is 32.3 Å². The average Bonchev–Trinajstić information content (AvgIpc) is 2.28. The van der Waals surface area contributed by atoms with Gasteiger partial charge < -0.3 is 10.2 Å². The van der Waals surface area contributed by atoms with Crippen molar-refractivity contribution in [1.29, 1.82) is 0 Å². The average molecular weight is 275 g/mol. The second-order valence-corrected chi connectivity index (χ2v) is 4.78. The van der Waals surface area contributed by atoms with Crippen LogP contribution in [0.15, 0.2) is 18.2 Å². The first kappa shape index (κ1) is 14.3. The molecule has 1 aromatic rings. The van der Waals surface area contributed by atoms with Crippen LogP contribution < -0.4 is 5.32 Å². The first-order chi connectivity index (χ1) is 8.00. The highest BCUT2D eigenvalue weighted by atomic mass is 35.5. The van der Waals surface area contributed by atoms with Gasteiger partial charge in [-0.2, -0.15) is 0 Å². The van der Waals surface area contributed by atoms with Gasteiger partial charge in [-0.3, -0.25) is 4.79 Å². The summed E-state index contributed by atoms with van der Waals surface area (Å²) in [4.78, 5) is 12.9. The standard InChI is InChI=1S/C12H16Cl2N2O/c1-16(2)12(17)5-6-15-8-9-3-4-10(13)11(14)7-9/h3-4,7,15H,5-6,8H2,1-2H3. The highest BCUT2D eigenvalue weighted by Gasteiger charge is 2.03. The Bertz CT molecular complexity index is 394. The highest BCUT2D eigenvalue weighted by molar-refractivity contribution is 6.42. The van der Waals surface area contributed by atoms with E-state index in [1.807, 2.05) is 12.1 Å². The van der Waals surface area contributed by atoms with Gasteiger partial charge in [-0.15, -0.1) is 0 Å². The second kappa shape index (κ2) is 6.84. The Kier molecular flexibility index (Phi) is 5.75. The number of hydrogen-bond donors (Lipinski definition) is 1. The van der Waals surface area contributed by atoms with Gasteiger partial charge in [0.15, 0.2) is 0 Å². The molecule has 1 aromatic carbocycles. The summed E-state index contributed by atoms with van der Waals surface area (Å²) in [6.07, 6.45) is 0.494. The van der Waals surface area contributed by atoms with Crippen LogP contribution in [0.4, 0.5) is 0 Å². The fourth-order valence-electron chi connectivity index (χ4n) is 1.30. The molecule has 0 aliphatic rings. The third kappa shape index (κ3) is 4.94. The van der Waals surface area contributed by atoms with Crippen LogP contribution in [0.1, 0.15) is 12.0 Å². The Hall–Kier alpha value is -0.770. The quantitative estimate of drug-likeness (QED) is 0.838. The first-order valence-electron chi connectivity index (χ1n) is 5.35. The zero-order valence-electron chi connectivity index (χ0n) is 9.96. The fourth-order valence-corrected chi connectivity index (χ4v) is 1.62. The van der Waals surface area contributed by atoms with E-state index < -0.39 is 0 Å². The molecule has 94 valence electrons. The number of nitrogens with zero attached hydrogens (tertiary/aromatic N) is 1. The summed E-state index contributed by atoms with van der Waals surface area (Å²) in [5.41, 5.74) is 1.05. The van der Waals surface area contributed by atoms with E-state index in [1.165, 1.54) is 0 Å². The monoisotopic (exact) mass is 274 g/mol. The van der Waals surface area contributed by atoms with Crippen LogP contribution in [-0.4, -0.2) is 31.4 Å². The number of benzene rings is 1. The van der Waals surface area contributed by atoms with Crippen molar-refractivity contribution < 1.29 is 4.79 Å². The lowest BCUT2D eigenvalue weighted by Crippen LogP contribution is -2.26. The van der Waals surface area contributed by atoms with Crippen LogP contribution in [0.5, 0.6) is 0 Å². The Morgan fingerprint density at radius 1 is 1.29 bits per heavy atom. The van der Waals surface area contributed by atoms with Gasteiger partial charge in [-0.1, -0.05) is 29.3 Å². The molecular formula is C12H16Cl2N2O. The van der Waals surface area contributed by atoms with Gasteiger partial charge in [0.05, 0.1) is 10.0 Å². The summed E-state index contributed by atoms with van der Waals surface area (Å²) in [5, 5.41) is 4.29. The molecule has 0 unspecified atom stereocenters. The number of carbonyl (C=O) groups is 1. The number of rotatable bonds is 5. The lowest BCUT2D eigenvalue weighted by atomic mass is 10.2. The lowest BCUT2D eigenvalue weighted by molar-refractivity contribution is -0.128. The summed E-state index contributed by atoms with van der Waals surface area (Å²) in [6.45, 7) is 1.33. The molecule has 0 spiro atoms. The Balaban J connectivity index is 2.31. The molecule has 0 saturated heterocycles. The van der Waals surface area contributed by atoms with Gasteiger partial charge in [0.1, 0.15) is 0 Å². The summed E-state index contributed by atoms with van der Waals surface area (Å²) < 4.78 is 0. The van der Waals surface area contributed by atoms with E-state index in [0.717, 1.165) is 5.56 Å². The molecule has 0 aliphatic heterocycles. The van der Waals surface area contributed by atoms with E-state index >= 15 is 0 Å². The van der Waals surface area contributed by atoms with Gasteiger partial charge in [-0.25, -0.2) is 0 Å². The van der Waals surface area contributed by atoms with Crippen LogP contribution >= 0.6 is 23.2 Å². The first-order valence-corrected chi connectivity index (χ1v) is 6.11. The molecule has 1 amide bonds. The summed E-state index contributed by atoms with van der Waals surface area (Å²) in [5.74, 6) is 0.117. The largest absolute Gasteiger partial charge is 0.349 e. The van der Waals surface area contributed by atoms with Crippen molar-refractivity contribution in [3.8, 4) is 0 Å². The molecule has 0 heterocycles. The molecule has 0 saturated carbocycles. The van der Waals surface area contributed by atoms with E-state index in [4.69, 9.17) is 23.2 Å². The van der Waals surface area contributed by atoms with Crippen molar-refractivity contribution >= 4 is 29.1 Å². The van der Waals surface area contributed by atoms with Crippen molar-refractivity contribution in [3.63, 3.8) is 0 Å². The summed E-state index contributed by atoms with van der Waals surface area (Å²) >= 11 is 11.7. The van der Waals surface area contributed by atoms with Crippen LogP contribution in [0.2, 0.25) is 10.0 Å². The van der Waals surface area contributed by atoms with E-state index in [2.05, 4.69) is 5.32 Å². The lowest BCUT2D eigenvalue weighted by Gasteiger charge is -2.10.